The molecule has 0 aliphatic carbocycles. The molecule has 13 heavy (non-hydrogen) atoms. The third kappa shape index (κ3) is 3.54. The molecule has 0 heterocycles. The van der Waals surface area contributed by atoms with Crippen molar-refractivity contribution in [2.24, 2.45) is 0 Å². The lowest BCUT2D eigenvalue weighted by Crippen LogP contribution is -1.86. The monoisotopic (exact) mass is 292 g/mol. The van der Waals surface area contributed by atoms with Gasteiger partial charge in [-0.25, -0.2) is 9.18 Å². The molecule has 4 heteroatoms. The van der Waals surface area contributed by atoms with E-state index in [1.54, 1.807) is 6.07 Å². The summed E-state index contributed by atoms with van der Waals surface area (Å²) in [4.78, 5) is 10.2. The normalized spacial score (nSPS) is 10.6. The van der Waals surface area contributed by atoms with Crippen molar-refractivity contribution in [1.29, 1.82) is 0 Å². The summed E-state index contributed by atoms with van der Waals surface area (Å²) in [6.45, 7) is 0. The van der Waals surface area contributed by atoms with Gasteiger partial charge in [-0.3, -0.25) is 0 Å². The number of rotatable bonds is 2. The number of carboxylic acids is 1. The van der Waals surface area contributed by atoms with Gasteiger partial charge in [-0.05, 0) is 52.4 Å². The molecule has 0 aromatic heterocycles. The van der Waals surface area contributed by atoms with Crippen LogP contribution in [0.15, 0.2) is 24.3 Å². The zero-order valence-corrected chi connectivity index (χ0v) is 8.66. The van der Waals surface area contributed by atoms with E-state index in [2.05, 4.69) is 0 Å². The Labute approximate surface area is 88.2 Å². The van der Waals surface area contributed by atoms with Gasteiger partial charge in [-0.2, -0.15) is 0 Å². The standard InChI is InChI=1S/C9H6FIO2/c10-7-3-6(1-2-9(12)13)4-8(11)5-7/h1-5H,(H,12,13). The molecular formula is C9H6FIO2. The molecule has 1 aromatic carbocycles. The minimum atomic E-state index is -1.04. The Balaban J connectivity index is 2.95. The van der Waals surface area contributed by atoms with Crippen molar-refractivity contribution >= 4 is 34.6 Å². The summed E-state index contributed by atoms with van der Waals surface area (Å²) in [5, 5.41) is 8.33. The van der Waals surface area contributed by atoms with Crippen LogP contribution >= 0.6 is 22.6 Å². The molecule has 0 aliphatic rings. The molecule has 0 saturated heterocycles. The molecule has 1 rings (SSSR count). The molecular weight excluding hydrogens is 286 g/mol. The van der Waals surface area contributed by atoms with Gasteiger partial charge in [0.1, 0.15) is 5.82 Å². The Bertz CT molecular complexity index is 340. The van der Waals surface area contributed by atoms with Crippen LogP contribution in [0.2, 0.25) is 0 Å². The predicted octanol–water partition coefficient (Wildman–Crippen LogP) is 2.53. The number of halogens is 2. The molecule has 0 fully saturated rings. The van der Waals surface area contributed by atoms with Gasteiger partial charge in [0.25, 0.3) is 0 Å². The molecule has 2 nitrogen and oxygen atoms in total. The van der Waals surface area contributed by atoms with E-state index in [1.165, 1.54) is 18.2 Å². The highest BCUT2D eigenvalue weighted by molar-refractivity contribution is 14.1. The second-order valence-corrected chi connectivity index (χ2v) is 3.62. The van der Waals surface area contributed by atoms with Crippen molar-refractivity contribution in [2.45, 2.75) is 0 Å². The highest BCUT2D eigenvalue weighted by Crippen LogP contribution is 2.12. The van der Waals surface area contributed by atoms with Gasteiger partial charge >= 0.3 is 5.97 Å². The summed E-state index contributed by atoms with van der Waals surface area (Å²) in [6, 6.07) is 4.35. The Morgan fingerprint density at radius 3 is 2.69 bits per heavy atom. The molecule has 0 spiro atoms. The maximum atomic E-state index is 12.8. The Morgan fingerprint density at radius 1 is 1.46 bits per heavy atom. The summed E-state index contributed by atoms with van der Waals surface area (Å²) in [7, 11) is 0. The number of aliphatic carboxylic acids is 1. The molecule has 0 unspecified atom stereocenters. The minimum Gasteiger partial charge on any atom is -0.478 e. The summed E-state index contributed by atoms with van der Waals surface area (Å²) in [5.74, 6) is -1.41. The van der Waals surface area contributed by atoms with Crippen LogP contribution in [-0.2, 0) is 4.79 Å². The van der Waals surface area contributed by atoms with Crippen LogP contribution in [0, 0.1) is 9.39 Å². The first-order chi connectivity index (χ1) is 6.08. The van der Waals surface area contributed by atoms with Crippen LogP contribution in [0.25, 0.3) is 6.08 Å². The first-order valence-electron chi connectivity index (χ1n) is 3.45. The van der Waals surface area contributed by atoms with Crippen LogP contribution in [-0.4, -0.2) is 11.1 Å². The molecule has 0 radical (unpaired) electrons. The van der Waals surface area contributed by atoms with Gasteiger partial charge in [-0.1, -0.05) is 0 Å². The molecule has 0 atom stereocenters. The summed E-state index contributed by atoms with van der Waals surface area (Å²) < 4.78 is 13.5. The topological polar surface area (TPSA) is 37.3 Å². The molecule has 1 aromatic rings. The summed E-state index contributed by atoms with van der Waals surface area (Å²) >= 11 is 1.97. The zero-order valence-electron chi connectivity index (χ0n) is 6.50. The highest BCUT2D eigenvalue weighted by Gasteiger charge is 1.96. The quantitative estimate of drug-likeness (QED) is 0.672. The van der Waals surface area contributed by atoms with Crippen LogP contribution in [0.4, 0.5) is 4.39 Å². The fourth-order valence-corrected chi connectivity index (χ4v) is 1.50. The first-order valence-corrected chi connectivity index (χ1v) is 4.53. The number of hydrogen-bond acceptors (Lipinski definition) is 1. The summed E-state index contributed by atoms with van der Waals surface area (Å²) in [5.41, 5.74) is 0.548. The number of carbonyl (C=O) groups is 1. The third-order valence-electron chi connectivity index (χ3n) is 1.30. The number of hydrogen-bond donors (Lipinski definition) is 1. The molecule has 0 bridgehead atoms. The number of carboxylic acid groups (broad SMARTS) is 1. The van der Waals surface area contributed by atoms with E-state index in [0.29, 0.717) is 5.56 Å². The lowest BCUT2D eigenvalue weighted by atomic mass is 10.2. The maximum Gasteiger partial charge on any atom is 0.328 e. The van der Waals surface area contributed by atoms with Gasteiger partial charge in [0, 0.05) is 9.65 Å². The van der Waals surface area contributed by atoms with E-state index in [4.69, 9.17) is 5.11 Å². The van der Waals surface area contributed by atoms with E-state index < -0.39 is 5.97 Å². The highest BCUT2D eigenvalue weighted by atomic mass is 127. The Hall–Kier alpha value is -0.910. The fourth-order valence-electron chi connectivity index (χ4n) is 0.839. The van der Waals surface area contributed by atoms with Gasteiger partial charge < -0.3 is 5.11 Å². The average molecular weight is 292 g/mol. The van der Waals surface area contributed by atoms with Gasteiger partial charge in [0.2, 0.25) is 0 Å². The Morgan fingerprint density at radius 2 is 2.15 bits per heavy atom. The SMILES string of the molecule is O=C(O)C=Cc1cc(F)cc(I)c1. The molecule has 0 amide bonds. The molecule has 0 aliphatic heterocycles. The van der Waals surface area contributed by atoms with Crippen LogP contribution in [0.3, 0.4) is 0 Å². The molecule has 0 saturated carbocycles. The van der Waals surface area contributed by atoms with E-state index in [0.717, 1.165) is 9.65 Å². The summed E-state index contributed by atoms with van der Waals surface area (Å²) in [6.07, 6.45) is 2.33. The van der Waals surface area contributed by atoms with E-state index in [1.807, 2.05) is 22.6 Å². The van der Waals surface area contributed by atoms with Crippen molar-refractivity contribution in [3.05, 3.63) is 39.2 Å². The zero-order chi connectivity index (χ0) is 9.84. The van der Waals surface area contributed by atoms with Crippen molar-refractivity contribution in [3.63, 3.8) is 0 Å². The van der Waals surface area contributed by atoms with E-state index in [9.17, 15) is 9.18 Å². The first kappa shape index (κ1) is 10.2. The second kappa shape index (κ2) is 4.36. The molecule has 68 valence electrons. The van der Waals surface area contributed by atoms with Gasteiger partial charge in [0.15, 0.2) is 0 Å². The Kier molecular flexibility index (Phi) is 3.41. The number of benzene rings is 1. The largest absolute Gasteiger partial charge is 0.478 e. The maximum absolute atomic E-state index is 12.8. The molecule has 1 N–H and O–H groups in total. The van der Waals surface area contributed by atoms with Crippen LogP contribution in [0.1, 0.15) is 5.56 Å². The smallest absolute Gasteiger partial charge is 0.328 e. The van der Waals surface area contributed by atoms with Crippen molar-refractivity contribution in [2.75, 3.05) is 0 Å². The lowest BCUT2D eigenvalue weighted by Gasteiger charge is -1.95. The fraction of sp³-hybridized carbons (Fsp3) is 0. The average Bonchev–Trinajstić information content (AvgIpc) is 1.99. The van der Waals surface area contributed by atoms with E-state index in [-0.39, 0.29) is 5.82 Å². The van der Waals surface area contributed by atoms with Crippen LogP contribution in [0.5, 0.6) is 0 Å². The van der Waals surface area contributed by atoms with Crippen molar-refractivity contribution in [3.8, 4) is 0 Å². The predicted molar refractivity (Wildman–Crippen MR) is 55.8 cm³/mol. The van der Waals surface area contributed by atoms with Gasteiger partial charge in [-0.15, -0.1) is 0 Å². The van der Waals surface area contributed by atoms with Crippen molar-refractivity contribution < 1.29 is 14.3 Å². The lowest BCUT2D eigenvalue weighted by molar-refractivity contribution is -0.131. The van der Waals surface area contributed by atoms with Gasteiger partial charge in [0.05, 0.1) is 0 Å². The third-order valence-corrected chi connectivity index (χ3v) is 1.93. The second-order valence-electron chi connectivity index (χ2n) is 2.37. The van der Waals surface area contributed by atoms with E-state index >= 15 is 0 Å². The minimum absolute atomic E-state index is 0.364. The van der Waals surface area contributed by atoms with Crippen molar-refractivity contribution in [1.82, 2.24) is 0 Å². The van der Waals surface area contributed by atoms with Crippen LogP contribution < -0.4 is 0 Å².